The Kier molecular flexibility index (Phi) is 4.64. The molecule has 3 N–H and O–H groups in total. The molecule has 29 heavy (non-hydrogen) atoms. The summed E-state index contributed by atoms with van der Waals surface area (Å²) in [5.41, 5.74) is 2.66. The lowest BCUT2D eigenvalue weighted by Gasteiger charge is -2.11. The number of anilines is 1. The van der Waals surface area contributed by atoms with Gasteiger partial charge in [0.15, 0.2) is 0 Å². The number of fused-ring (bicyclic) bond motifs is 1. The van der Waals surface area contributed by atoms with Gasteiger partial charge in [-0.3, -0.25) is 9.59 Å². The number of nitrogens with one attached hydrogen (secondary N) is 2. The Morgan fingerprint density at radius 3 is 2.62 bits per heavy atom. The SMILES string of the molecule is CCc1ccccc1NC(=O)c1c(O)c2cnn(-c3ccc(C)cc3)c2[nH]c1=O. The van der Waals surface area contributed by atoms with Crippen LogP contribution in [0.15, 0.2) is 59.5 Å². The molecule has 0 saturated carbocycles. The topological polar surface area (TPSA) is 100 Å². The summed E-state index contributed by atoms with van der Waals surface area (Å²) in [7, 11) is 0. The highest BCUT2D eigenvalue weighted by Crippen LogP contribution is 2.27. The predicted molar refractivity (Wildman–Crippen MR) is 112 cm³/mol. The lowest BCUT2D eigenvalue weighted by molar-refractivity contribution is 0.102. The maximum absolute atomic E-state index is 12.8. The van der Waals surface area contributed by atoms with E-state index in [0.29, 0.717) is 16.7 Å². The number of aromatic hydroxyl groups is 1. The van der Waals surface area contributed by atoms with Crippen molar-refractivity contribution in [1.82, 2.24) is 14.8 Å². The van der Waals surface area contributed by atoms with E-state index in [1.54, 1.807) is 12.1 Å². The van der Waals surface area contributed by atoms with Crippen molar-refractivity contribution in [3.05, 3.63) is 81.8 Å². The van der Waals surface area contributed by atoms with Crippen molar-refractivity contribution in [3.63, 3.8) is 0 Å². The van der Waals surface area contributed by atoms with Crippen LogP contribution in [0.1, 0.15) is 28.4 Å². The second kappa shape index (κ2) is 7.27. The Morgan fingerprint density at radius 2 is 1.90 bits per heavy atom. The van der Waals surface area contributed by atoms with Crippen molar-refractivity contribution < 1.29 is 9.90 Å². The zero-order valence-electron chi connectivity index (χ0n) is 16.1. The number of rotatable bonds is 4. The molecular formula is C22H20N4O3. The van der Waals surface area contributed by atoms with Gasteiger partial charge in [-0.15, -0.1) is 0 Å². The number of aryl methyl sites for hydroxylation is 2. The Labute approximate surface area is 166 Å². The van der Waals surface area contributed by atoms with Gasteiger partial charge in [-0.2, -0.15) is 5.10 Å². The molecule has 2 aromatic heterocycles. The third-order valence-corrected chi connectivity index (χ3v) is 4.87. The number of aromatic nitrogens is 3. The van der Waals surface area contributed by atoms with Gasteiger partial charge in [0.2, 0.25) is 0 Å². The van der Waals surface area contributed by atoms with Crippen molar-refractivity contribution in [2.45, 2.75) is 20.3 Å². The van der Waals surface area contributed by atoms with Crippen LogP contribution in [-0.4, -0.2) is 25.8 Å². The van der Waals surface area contributed by atoms with Crippen LogP contribution < -0.4 is 10.9 Å². The number of benzene rings is 2. The molecular weight excluding hydrogens is 368 g/mol. The maximum atomic E-state index is 12.8. The number of aromatic amines is 1. The van der Waals surface area contributed by atoms with E-state index in [1.807, 2.05) is 50.2 Å². The van der Waals surface area contributed by atoms with E-state index < -0.39 is 17.2 Å². The van der Waals surface area contributed by atoms with Crippen LogP contribution in [0.25, 0.3) is 16.7 Å². The highest BCUT2D eigenvalue weighted by atomic mass is 16.3. The lowest BCUT2D eigenvalue weighted by atomic mass is 10.1. The number of para-hydroxylation sites is 1. The van der Waals surface area contributed by atoms with Gasteiger partial charge in [-0.25, -0.2) is 4.68 Å². The van der Waals surface area contributed by atoms with Gasteiger partial charge in [-0.05, 0) is 37.1 Å². The molecule has 0 radical (unpaired) electrons. The Bertz CT molecular complexity index is 1270. The summed E-state index contributed by atoms with van der Waals surface area (Å²) < 4.78 is 1.52. The number of carbonyl (C=O) groups excluding carboxylic acids is 1. The third kappa shape index (κ3) is 3.27. The van der Waals surface area contributed by atoms with E-state index in [0.717, 1.165) is 23.2 Å². The van der Waals surface area contributed by atoms with E-state index >= 15 is 0 Å². The fourth-order valence-electron chi connectivity index (χ4n) is 3.28. The molecule has 7 heteroatoms. The van der Waals surface area contributed by atoms with E-state index in [-0.39, 0.29) is 5.56 Å². The van der Waals surface area contributed by atoms with E-state index in [9.17, 15) is 14.7 Å². The Morgan fingerprint density at radius 1 is 1.17 bits per heavy atom. The third-order valence-electron chi connectivity index (χ3n) is 4.87. The molecule has 2 heterocycles. The van der Waals surface area contributed by atoms with Crippen molar-refractivity contribution in [2.75, 3.05) is 5.32 Å². The predicted octanol–water partition coefficient (Wildman–Crippen LogP) is 3.54. The molecule has 1 amide bonds. The van der Waals surface area contributed by atoms with Crippen LogP contribution in [0.3, 0.4) is 0 Å². The van der Waals surface area contributed by atoms with Gasteiger partial charge >= 0.3 is 0 Å². The smallest absolute Gasteiger partial charge is 0.266 e. The molecule has 7 nitrogen and oxygen atoms in total. The molecule has 0 bridgehead atoms. The average molecular weight is 388 g/mol. The van der Waals surface area contributed by atoms with Gasteiger partial charge in [0.1, 0.15) is 17.0 Å². The molecule has 0 unspecified atom stereocenters. The van der Waals surface area contributed by atoms with Crippen molar-refractivity contribution in [2.24, 2.45) is 0 Å². The molecule has 0 aliphatic heterocycles. The standard InChI is InChI=1S/C22H20N4O3/c1-3-14-6-4-5-7-17(14)24-21(28)18-19(27)16-12-23-26(20(16)25-22(18)29)15-10-8-13(2)9-11-15/h4-12H,3H2,1-2H3,(H,24,28)(H2,25,27,29). The van der Waals surface area contributed by atoms with E-state index in [1.165, 1.54) is 10.9 Å². The fraction of sp³-hybridized carbons (Fsp3) is 0.136. The quantitative estimate of drug-likeness (QED) is 0.498. The summed E-state index contributed by atoms with van der Waals surface area (Å²) >= 11 is 0. The number of amides is 1. The number of nitrogens with zero attached hydrogens (tertiary/aromatic N) is 2. The van der Waals surface area contributed by atoms with Crippen molar-refractivity contribution >= 4 is 22.6 Å². The zero-order chi connectivity index (χ0) is 20.5. The van der Waals surface area contributed by atoms with E-state index in [2.05, 4.69) is 15.4 Å². The first-order chi connectivity index (χ1) is 14.0. The molecule has 4 rings (SSSR count). The van der Waals surface area contributed by atoms with Crippen LogP contribution in [0, 0.1) is 6.92 Å². The van der Waals surface area contributed by atoms with Crippen LogP contribution in [0.5, 0.6) is 5.75 Å². The Hall–Kier alpha value is -3.87. The van der Waals surface area contributed by atoms with E-state index in [4.69, 9.17) is 0 Å². The number of pyridine rings is 1. The highest BCUT2D eigenvalue weighted by Gasteiger charge is 2.22. The van der Waals surface area contributed by atoms with Crippen LogP contribution in [0.4, 0.5) is 5.69 Å². The summed E-state index contributed by atoms with van der Waals surface area (Å²) in [4.78, 5) is 28.1. The number of hydrogen-bond acceptors (Lipinski definition) is 4. The molecule has 0 spiro atoms. The molecule has 0 saturated heterocycles. The monoisotopic (exact) mass is 388 g/mol. The first kappa shape index (κ1) is 18.5. The summed E-state index contributed by atoms with van der Waals surface area (Å²) in [5.74, 6) is -1.07. The summed E-state index contributed by atoms with van der Waals surface area (Å²) in [5, 5.41) is 18.0. The maximum Gasteiger partial charge on any atom is 0.266 e. The van der Waals surface area contributed by atoms with Gasteiger partial charge in [0, 0.05) is 5.69 Å². The zero-order valence-corrected chi connectivity index (χ0v) is 16.1. The normalized spacial score (nSPS) is 11.0. The molecule has 0 atom stereocenters. The highest BCUT2D eigenvalue weighted by molar-refractivity contribution is 6.09. The second-order valence-corrected chi connectivity index (χ2v) is 6.80. The largest absolute Gasteiger partial charge is 0.506 e. The number of H-pyrrole nitrogens is 1. The summed E-state index contributed by atoms with van der Waals surface area (Å²) in [6.45, 7) is 3.95. The minimum absolute atomic E-state index is 0.291. The molecule has 0 aliphatic rings. The Balaban J connectivity index is 1.78. The van der Waals surface area contributed by atoms with Gasteiger partial charge in [0.05, 0.1) is 17.3 Å². The molecule has 2 aromatic carbocycles. The number of hydrogen-bond donors (Lipinski definition) is 3. The fourth-order valence-corrected chi connectivity index (χ4v) is 3.28. The molecule has 4 aromatic rings. The van der Waals surface area contributed by atoms with Crippen LogP contribution >= 0.6 is 0 Å². The van der Waals surface area contributed by atoms with Crippen molar-refractivity contribution in [1.29, 1.82) is 0 Å². The first-order valence-electron chi connectivity index (χ1n) is 9.29. The molecule has 146 valence electrons. The van der Waals surface area contributed by atoms with Crippen LogP contribution in [-0.2, 0) is 6.42 Å². The van der Waals surface area contributed by atoms with Gasteiger partial charge < -0.3 is 15.4 Å². The second-order valence-electron chi connectivity index (χ2n) is 6.80. The minimum Gasteiger partial charge on any atom is -0.506 e. The summed E-state index contributed by atoms with van der Waals surface area (Å²) in [6, 6.07) is 14.9. The average Bonchev–Trinajstić information content (AvgIpc) is 3.13. The van der Waals surface area contributed by atoms with Gasteiger partial charge in [-0.1, -0.05) is 42.8 Å². The minimum atomic E-state index is -0.685. The first-order valence-corrected chi connectivity index (χ1v) is 9.29. The van der Waals surface area contributed by atoms with Crippen LogP contribution in [0.2, 0.25) is 0 Å². The molecule has 0 aliphatic carbocycles. The summed E-state index contributed by atoms with van der Waals surface area (Å²) in [6.07, 6.45) is 2.15. The van der Waals surface area contributed by atoms with Gasteiger partial charge in [0.25, 0.3) is 11.5 Å². The van der Waals surface area contributed by atoms with Crippen molar-refractivity contribution in [3.8, 4) is 11.4 Å². The lowest BCUT2D eigenvalue weighted by Crippen LogP contribution is -2.24. The molecule has 0 fully saturated rings. The number of carbonyl (C=O) groups is 1.